The van der Waals surface area contributed by atoms with E-state index in [-0.39, 0.29) is 0 Å². The Bertz CT molecular complexity index is 119. The fraction of sp³-hybridized carbons (Fsp3) is 0.500. The van der Waals surface area contributed by atoms with Crippen LogP contribution in [0.1, 0.15) is 0 Å². The first-order chi connectivity index (χ1) is 5.91. The van der Waals surface area contributed by atoms with Gasteiger partial charge < -0.3 is 0 Å². The van der Waals surface area contributed by atoms with Crippen molar-refractivity contribution in [1.29, 1.82) is 0 Å². The Balaban J connectivity index is 3.09. The number of hydrogen-bond donors (Lipinski definition) is 0. The minimum atomic E-state index is 0.635. The van der Waals surface area contributed by atoms with Crippen LogP contribution in [0.5, 0.6) is 0 Å². The van der Waals surface area contributed by atoms with E-state index in [1.54, 1.807) is 14.2 Å². The van der Waals surface area contributed by atoms with Crippen molar-refractivity contribution >= 4 is 26.3 Å². The SMILES string of the molecule is COC/C=C/[Se][Se]/C=C/COC. The minimum absolute atomic E-state index is 0.635. The van der Waals surface area contributed by atoms with E-state index in [0.29, 0.717) is 26.3 Å². The van der Waals surface area contributed by atoms with Crippen LogP contribution in [0.3, 0.4) is 0 Å². The zero-order chi connectivity index (χ0) is 9.07. The molecule has 0 aliphatic rings. The van der Waals surface area contributed by atoms with E-state index in [4.69, 9.17) is 9.47 Å². The van der Waals surface area contributed by atoms with Crippen molar-refractivity contribution in [2.24, 2.45) is 0 Å². The third kappa shape index (κ3) is 10.4. The van der Waals surface area contributed by atoms with Gasteiger partial charge in [0.05, 0.1) is 0 Å². The van der Waals surface area contributed by atoms with Gasteiger partial charge in [-0.1, -0.05) is 0 Å². The number of hydrogen-bond acceptors (Lipinski definition) is 2. The van der Waals surface area contributed by atoms with Gasteiger partial charge in [0, 0.05) is 0 Å². The number of ether oxygens (including phenoxy) is 2. The van der Waals surface area contributed by atoms with Crippen LogP contribution in [0.2, 0.25) is 0 Å². The van der Waals surface area contributed by atoms with Crippen LogP contribution in [0.15, 0.2) is 22.1 Å². The van der Waals surface area contributed by atoms with Crippen molar-refractivity contribution in [2.75, 3.05) is 27.4 Å². The Labute approximate surface area is 85.3 Å². The van der Waals surface area contributed by atoms with Crippen LogP contribution < -0.4 is 0 Å². The van der Waals surface area contributed by atoms with E-state index in [1.165, 1.54) is 0 Å². The number of methoxy groups -OCH3 is 2. The Hall–Kier alpha value is 0.439. The summed E-state index contributed by atoms with van der Waals surface area (Å²) in [6, 6.07) is 0. The molecule has 70 valence electrons. The van der Waals surface area contributed by atoms with Gasteiger partial charge in [-0.2, -0.15) is 0 Å². The third-order valence-corrected chi connectivity index (χ3v) is 6.03. The molecule has 2 nitrogen and oxygen atoms in total. The van der Waals surface area contributed by atoms with E-state index in [9.17, 15) is 0 Å². The molecule has 0 bridgehead atoms. The molecular formula is C8H14O2Se2. The fourth-order valence-electron chi connectivity index (χ4n) is 0.414. The Morgan fingerprint density at radius 1 is 0.917 bits per heavy atom. The molecule has 0 aromatic heterocycles. The molecule has 0 amide bonds. The topological polar surface area (TPSA) is 18.5 Å². The van der Waals surface area contributed by atoms with Gasteiger partial charge in [0.1, 0.15) is 0 Å². The van der Waals surface area contributed by atoms with Gasteiger partial charge >= 0.3 is 85.3 Å². The maximum absolute atomic E-state index is 4.88. The van der Waals surface area contributed by atoms with Crippen LogP contribution in [-0.2, 0) is 9.47 Å². The van der Waals surface area contributed by atoms with Gasteiger partial charge in [0.15, 0.2) is 0 Å². The fourth-order valence-corrected chi connectivity index (χ4v) is 4.45. The molecule has 4 heteroatoms. The summed E-state index contributed by atoms with van der Waals surface area (Å²) in [5, 5.41) is 0. The molecule has 0 fully saturated rings. The van der Waals surface area contributed by atoms with Crippen LogP contribution in [0, 0.1) is 0 Å². The predicted octanol–water partition coefficient (Wildman–Crippen LogP) is 0.630. The summed E-state index contributed by atoms with van der Waals surface area (Å²) in [5.74, 6) is 0. The van der Waals surface area contributed by atoms with Crippen LogP contribution in [0.4, 0.5) is 0 Å². The molecule has 0 saturated carbocycles. The Morgan fingerprint density at radius 3 is 1.67 bits per heavy atom. The maximum atomic E-state index is 4.88. The van der Waals surface area contributed by atoms with Crippen molar-refractivity contribution in [3.63, 3.8) is 0 Å². The Morgan fingerprint density at radius 2 is 1.33 bits per heavy atom. The summed E-state index contributed by atoms with van der Waals surface area (Å²) >= 11 is 1.27. The summed E-state index contributed by atoms with van der Waals surface area (Å²) in [5.41, 5.74) is 0. The van der Waals surface area contributed by atoms with Crippen molar-refractivity contribution in [1.82, 2.24) is 0 Å². The molecule has 0 aliphatic heterocycles. The van der Waals surface area contributed by atoms with E-state index in [2.05, 4.69) is 22.1 Å². The average molecular weight is 300 g/mol. The van der Waals surface area contributed by atoms with E-state index >= 15 is 0 Å². The molecule has 12 heavy (non-hydrogen) atoms. The molecule has 0 aromatic rings. The zero-order valence-electron chi connectivity index (χ0n) is 7.36. The summed E-state index contributed by atoms with van der Waals surface area (Å²) in [4.78, 5) is 4.43. The molecular weight excluding hydrogens is 286 g/mol. The zero-order valence-corrected chi connectivity index (χ0v) is 10.8. The first kappa shape index (κ1) is 12.4. The van der Waals surface area contributed by atoms with Gasteiger partial charge in [-0.3, -0.25) is 0 Å². The quantitative estimate of drug-likeness (QED) is 0.507. The van der Waals surface area contributed by atoms with Gasteiger partial charge in [-0.15, -0.1) is 0 Å². The molecule has 0 saturated heterocycles. The standard InChI is InChI=1S/C8H14O2Se2/c1-9-5-3-7-11-12-8-4-6-10-2/h3-4,7-8H,5-6H2,1-2H3/b7-3+,8-4+. The molecule has 0 N–H and O–H groups in total. The molecule has 0 rings (SSSR count). The molecule has 0 heterocycles. The average Bonchev–Trinajstić information content (AvgIpc) is 2.10. The van der Waals surface area contributed by atoms with Gasteiger partial charge in [-0.25, -0.2) is 0 Å². The van der Waals surface area contributed by atoms with E-state index in [1.807, 2.05) is 0 Å². The third-order valence-electron chi connectivity index (χ3n) is 0.885. The summed E-state index contributed by atoms with van der Waals surface area (Å²) in [6.45, 7) is 1.47. The second kappa shape index (κ2) is 11.4. The Kier molecular flexibility index (Phi) is 11.9. The monoisotopic (exact) mass is 302 g/mol. The molecule has 0 aliphatic carbocycles. The summed E-state index contributed by atoms with van der Waals surface area (Å²) < 4.78 is 9.76. The summed E-state index contributed by atoms with van der Waals surface area (Å²) in [7, 11) is 3.42. The van der Waals surface area contributed by atoms with Crippen LogP contribution in [-0.4, -0.2) is 53.7 Å². The van der Waals surface area contributed by atoms with Gasteiger partial charge in [-0.05, 0) is 0 Å². The first-order valence-corrected chi connectivity index (χ1v) is 9.83. The van der Waals surface area contributed by atoms with E-state index in [0.717, 1.165) is 13.2 Å². The normalized spacial score (nSPS) is 11.8. The molecule has 0 atom stereocenters. The first-order valence-electron chi connectivity index (χ1n) is 3.52. The molecule has 0 unspecified atom stereocenters. The van der Waals surface area contributed by atoms with Gasteiger partial charge in [0.25, 0.3) is 0 Å². The molecule has 0 spiro atoms. The number of rotatable bonds is 7. The second-order valence-electron chi connectivity index (χ2n) is 1.85. The molecule has 0 aromatic carbocycles. The second-order valence-corrected chi connectivity index (χ2v) is 7.99. The predicted molar refractivity (Wildman–Crippen MR) is 53.5 cm³/mol. The van der Waals surface area contributed by atoms with Crippen molar-refractivity contribution in [3.8, 4) is 0 Å². The van der Waals surface area contributed by atoms with Crippen molar-refractivity contribution < 1.29 is 9.47 Å². The van der Waals surface area contributed by atoms with Gasteiger partial charge in [0.2, 0.25) is 0 Å². The molecule has 0 radical (unpaired) electrons. The van der Waals surface area contributed by atoms with E-state index < -0.39 is 0 Å². The van der Waals surface area contributed by atoms with Crippen LogP contribution >= 0.6 is 0 Å². The summed E-state index contributed by atoms with van der Waals surface area (Å²) in [6.07, 6.45) is 4.15. The van der Waals surface area contributed by atoms with Crippen molar-refractivity contribution in [3.05, 3.63) is 22.1 Å². The van der Waals surface area contributed by atoms with Crippen LogP contribution in [0.25, 0.3) is 0 Å². The van der Waals surface area contributed by atoms with Crippen molar-refractivity contribution in [2.45, 2.75) is 0 Å².